The Kier molecular flexibility index (Phi) is 4.72. The van der Waals surface area contributed by atoms with Crippen LogP contribution in [0.1, 0.15) is 53.3 Å². The van der Waals surface area contributed by atoms with Crippen LogP contribution in [-0.4, -0.2) is 16.0 Å². The Balaban J connectivity index is 1.67. The summed E-state index contributed by atoms with van der Waals surface area (Å²) in [5, 5.41) is 13.0. The van der Waals surface area contributed by atoms with Crippen molar-refractivity contribution in [1.29, 1.82) is 0 Å². The van der Waals surface area contributed by atoms with E-state index in [1.165, 1.54) is 5.56 Å². The van der Waals surface area contributed by atoms with E-state index in [2.05, 4.69) is 44.0 Å². The van der Waals surface area contributed by atoms with E-state index in [-0.39, 0.29) is 5.91 Å². The number of benzene rings is 3. The highest BCUT2D eigenvalue weighted by Crippen LogP contribution is 2.48. The first-order valence-electron chi connectivity index (χ1n) is 11.1. The lowest BCUT2D eigenvalue weighted by Gasteiger charge is -2.25. The second kappa shape index (κ2) is 7.35. The van der Waals surface area contributed by atoms with Gasteiger partial charge in [-0.15, -0.1) is 0 Å². The quantitative estimate of drug-likeness (QED) is 0.442. The Morgan fingerprint density at radius 1 is 1.00 bits per heavy atom. The summed E-state index contributed by atoms with van der Waals surface area (Å²) in [6, 6.07) is 21.9. The number of amides is 1. The second-order valence-electron chi connectivity index (χ2n) is 9.13. The molecule has 2 heterocycles. The van der Waals surface area contributed by atoms with Gasteiger partial charge in [0.15, 0.2) is 5.60 Å². The average molecular weight is 425 g/mol. The van der Waals surface area contributed by atoms with Gasteiger partial charge in [-0.05, 0) is 48.6 Å². The van der Waals surface area contributed by atoms with Gasteiger partial charge in [-0.1, -0.05) is 68.4 Å². The minimum absolute atomic E-state index is 0.305. The van der Waals surface area contributed by atoms with Gasteiger partial charge >= 0.3 is 0 Å². The van der Waals surface area contributed by atoms with E-state index < -0.39 is 5.60 Å². The third-order valence-corrected chi connectivity index (χ3v) is 6.76. The standard InChI is InChI=1S/C28H28N2O2/c1-17(2)20-14-13-18(3)21(15-20)16-30-25-12-8-6-10-23(25)28(32,27(30)31)26-19(4)29-24-11-7-5-9-22(24)26/h5-15,17,29,32H,16H2,1-4H3/t28-/m0/s1. The number of aliphatic hydroxyl groups is 1. The molecule has 1 amide bonds. The molecule has 2 N–H and O–H groups in total. The molecule has 3 aromatic carbocycles. The van der Waals surface area contributed by atoms with Crippen molar-refractivity contribution in [2.24, 2.45) is 0 Å². The van der Waals surface area contributed by atoms with Crippen LogP contribution in [0.3, 0.4) is 0 Å². The molecule has 1 aromatic heterocycles. The van der Waals surface area contributed by atoms with Gasteiger partial charge in [-0.3, -0.25) is 4.79 Å². The van der Waals surface area contributed by atoms with Crippen molar-refractivity contribution in [3.8, 4) is 0 Å². The lowest BCUT2D eigenvalue weighted by molar-refractivity contribution is -0.132. The number of nitrogens with one attached hydrogen (secondary N) is 1. The number of anilines is 1. The summed E-state index contributed by atoms with van der Waals surface area (Å²) in [5.74, 6) is 0.0996. The molecular formula is C28H28N2O2. The number of aromatic amines is 1. The molecule has 5 rings (SSSR count). The fourth-order valence-corrected chi connectivity index (χ4v) is 4.97. The van der Waals surface area contributed by atoms with Gasteiger partial charge in [0.05, 0.1) is 12.2 Å². The van der Waals surface area contributed by atoms with E-state index in [0.717, 1.165) is 33.4 Å². The van der Waals surface area contributed by atoms with Gasteiger partial charge in [0, 0.05) is 27.7 Å². The normalized spacial score (nSPS) is 18.1. The smallest absolute Gasteiger partial charge is 0.268 e. The second-order valence-corrected chi connectivity index (χ2v) is 9.13. The first kappa shape index (κ1) is 20.5. The summed E-state index contributed by atoms with van der Waals surface area (Å²) >= 11 is 0. The van der Waals surface area contributed by atoms with Crippen molar-refractivity contribution in [1.82, 2.24) is 4.98 Å². The molecule has 0 saturated heterocycles. The highest BCUT2D eigenvalue weighted by Gasteiger charge is 2.52. The number of hydrogen-bond acceptors (Lipinski definition) is 2. The summed E-state index contributed by atoms with van der Waals surface area (Å²) in [7, 11) is 0. The maximum atomic E-state index is 14.0. The van der Waals surface area contributed by atoms with Gasteiger partial charge < -0.3 is 15.0 Å². The fourth-order valence-electron chi connectivity index (χ4n) is 4.97. The number of hydrogen-bond donors (Lipinski definition) is 2. The number of H-pyrrole nitrogens is 1. The number of rotatable bonds is 4. The number of nitrogens with zero attached hydrogens (tertiary/aromatic N) is 1. The third kappa shape index (κ3) is 2.90. The number of aromatic nitrogens is 1. The Labute approximate surface area is 188 Å². The maximum Gasteiger partial charge on any atom is 0.268 e. The van der Waals surface area contributed by atoms with Crippen LogP contribution >= 0.6 is 0 Å². The summed E-state index contributed by atoms with van der Waals surface area (Å²) in [6.45, 7) is 8.75. The largest absolute Gasteiger partial charge is 0.372 e. The van der Waals surface area contributed by atoms with Crippen LogP contribution in [0.2, 0.25) is 0 Å². The highest BCUT2D eigenvalue weighted by molar-refractivity contribution is 6.11. The first-order valence-corrected chi connectivity index (χ1v) is 11.1. The molecule has 0 spiro atoms. The molecule has 1 aliphatic heterocycles. The molecule has 162 valence electrons. The van der Waals surface area contributed by atoms with Gasteiger partial charge in [-0.25, -0.2) is 0 Å². The number of para-hydroxylation sites is 2. The van der Waals surface area contributed by atoms with Crippen LogP contribution in [0.5, 0.6) is 0 Å². The number of carbonyl (C=O) groups is 1. The molecule has 0 bridgehead atoms. The van der Waals surface area contributed by atoms with Gasteiger partial charge in [-0.2, -0.15) is 0 Å². The van der Waals surface area contributed by atoms with Gasteiger partial charge in [0.25, 0.3) is 5.91 Å². The van der Waals surface area contributed by atoms with E-state index in [9.17, 15) is 9.90 Å². The zero-order valence-electron chi connectivity index (χ0n) is 18.9. The van der Waals surface area contributed by atoms with Crippen molar-refractivity contribution in [3.05, 3.63) is 100 Å². The molecule has 4 nitrogen and oxygen atoms in total. The van der Waals surface area contributed by atoms with Crippen molar-refractivity contribution in [2.75, 3.05) is 4.90 Å². The van der Waals surface area contributed by atoms with Crippen molar-refractivity contribution in [2.45, 2.75) is 45.8 Å². The zero-order chi connectivity index (χ0) is 22.6. The van der Waals surface area contributed by atoms with E-state index in [1.807, 2.05) is 55.5 Å². The van der Waals surface area contributed by atoms with E-state index >= 15 is 0 Å². The third-order valence-electron chi connectivity index (χ3n) is 6.76. The predicted molar refractivity (Wildman–Crippen MR) is 129 cm³/mol. The zero-order valence-corrected chi connectivity index (χ0v) is 18.9. The minimum atomic E-state index is -1.73. The van der Waals surface area contributed by atoms with E-state index in [1.54, 1.807) is 4.90 Å². The lowest BCUT2D eigenvalue weighted by atomic mass is 9.85. The SMILES string of the molecule is Cc1ccc(C(C)C)cc1CN1C(=O)[C@@](O)(c2c(C)[nH]c3ccccc23)c2ccccc21. The average Bonchev–Trinajstić information content (AvgIpc) is 3.22. The first-order chi connectivity index (χ1) is 15.3. The molecule has 1 atom stereocenters. The van der Waals surface area contributed by atoms with Crippen LogP contribution in [0.25, 0.3) is 10.9 Å². The molecule has 4 aromatic rings. The van der Waals surface area contributed by atoms with Crippen molar-refractivity contribution >= 4 is 22.5 Å². The summed E-state index contributed by atoms with van der Waals surface area (Å²) in [5.41, 5.74) is 5.50. The predicted octanol–water partition coefficient (Wildman–Crippen LogP) is 5.69. The Hall–Kier alpha value is -3.37. The van der Waals surface area contributed by atoms with Crippen LogP contribution in [0.4, 0.5) is 5.69 Å². The summed E-state index contributed by atoms with van der Waals surface area (Å²) in [6.07, 6.45) is 0. The Morgan fingerprint density at radius 3 is 2.50 bits per heavy atom. The van der Waals surface area contributed by atoms with Crippen LogP contribution in [-0.2, 0) is 16.9 Å². The molecule has 1 aliphatic rings. The fraction of sp³-hybridized carbons (Fsp3) is 0.250. The van der Waals surface area contributed by atoms with Crippen molar-refractivity contribution in [3.63, 3.8) is 0 Å². The van der Waals surface area contributed by atoms with Crippen LogP contribution in [0.15, 0.2) is 66.7 Å². The topological polar surface area (TPSA) is 56.3 Å². The van der Waals surface area contributed by atoms with Crippen LogP contribution in [0, 0.1) is 13.8 Å². The summed E-state index contributed by atoms with van der Waals surface area (Å²) < 4.78 is 0. The Bertz CT molecular complexity index is 1350. The monoisotopic (exact) mass is 424 g/mol. The minimum Gasteiger partial charge on any atom is -0.372 e. The molecule has 0 radical (unpaired) electrons. The molecular weight excluding hydrogens is 396 g/mol. The molecule has 32 heavy (non-hydrogen) atoms. The molecule has 0 saturated carbocycles. The van der Waals surface area contributed by atoms with E-state index in [4.69, 9.17) is 0 Å². The molecule has 0 fully saturated rings. The van der Waals surface area contributed by atoms with Crippen LogP contribution < -0.4 is 4.90 Å². The molecule has 4 heteroatoms. The van der Waals surface area contributed by atoms with Crippen molar-refractivity contribution < 1.29 is 9.90 Å². The molecule has 0 unspecified atom stereocenters. The lowest BCUT2D eigenvalue weighted by Crippen LogP contribution is -2.41. The van der Waals surface area contributed by atoms with Gasteiger partial charge in [0.1, 0.15) is 0 Å². The number of aryl methyl sites for hydroxylation is 2. The highest BCUT2D eigenvalue weighted by atomic mass is 16.3. The van der Waals surface area contributed by atoms with Gasteiger partial charge in [0.2, 0.25) is 0 Å². The maximum absolute atomic E-state index is 14.0. The molecule has 0 aliphatic carbocycles. The van der Waals surface area contributed by atoms with E-state index in [0.29, 0.717) is 23.6 Å². The number of fused-ring (bicyclic) bond motifs is 2. The number of carbonyl (C=O) groups excluding carboxylic acids is 1. The Morgan fingerprint density at radius 2 is 1.72 bits per heavy atom. The summed E-state index contributed by atoms with van der Waals surface area (Å²) in [4.78, 5) is 19.1.